The van der Waals surface area contributed by atoms with Crippen LogP contribution in [0.4, 0.5) is 0 Å². The van der Waals surface area contributed by atoms with Crippen molar-refractivity contribution in [2.75, 3.05) is 19.8 Å². The fraction of sp³-hybridized carbons (Fsp3) is 0.857. The molecule has 0 aromatic heterocycles. The summed E-state index contributed by atoms with van der Waals surface area (Å²) in [5.74, 6) is -0.777. The Morgan fingerprint density at radius 3 is 1.75 bits per heavy atom. The van der Waals surface area contributed by atoms with Crippen LogP contribution in [0.15, 0.2) is 0 Å². The van der Waals surface area contributed by atoms with Crippen molar-refractivity contribution in [2.24, 2.45) is 5.41 Å². The molecule has 1 saturated carbocycles. The van der Waals surface area contributed by atoms with Gasteiger partial charge in [-0.1, -0.05) is 19.3 Å². The third kappa shape index (κ3) is 2.47. The molecule has 0 bridgehead atoms. The minimum Gasteiger partial charge on any atom is -0.394 e. The molecule has 20 heavy (non-hydrogen) atoms. The van der Waals surface area contributed by atoms with Crippen molar-refractivity contribution < 1.29 is 24.9 Å². The second-order valence-electron chi connectivity index (χ2n) is 6.24. The van der Waals surface area contributed by atoms with Crippen molar-refractivity contribution in [2.45, 2.75) is 50.5 Å². The summed E-state index contributed by atoms with van der Waals surface area (Å²) in [4.78, 5) is 25.6. The maximum absolute atomic E-state index is 12.4. The predicted molar refractivity (Wildman–Crippen MR) is 70.6 cm³/mol. The second-order valence-corrected chi connectivity index (χ2v) is 6.24. The normalized spacial score (nSPS) is 23.4. The summed E-state index contributed by atoms with van der Waals surface area (Å²) in [5, 5.41) is 28.2. The molecule has 0 radical (unpaired) electrons. The Kier molecular flexibility index (Phi) is 4.46. The van der Waals surface area contributed by atoms with Gasteiger partial charge in [-0.2, -0.15) is 0 Å². The first-order chi connectivity index (χ1) is 9.52. The zero-order valence-corrected chi connectivity index (χ0v) is 11.7. The van der Waals surface area contributed by atoms with Crippen molar-refractivity contribution >= 4 is 11.8 Å². The molecule has 6 nitrogen and oxygen atoms in total. The lowest BCUT2D eigenvalue weighted by Crippen LogP contribution is -2.64. The Labute approximate surface area is 118 Å². The quantitative estimate of drug-likeness (QED) is 0.622. The summed E-state index contributed by atoms with van der Waals surface area (Å²) in [6.07, 6.45) is 5.49. The van der Waals surface area contributed by atoms with E-state index in [1.54, 1.807) is 0 Å². The molecule has 1 aliphatic carbocycles. The number of nitrogens with zero attached hydrogens (tertiary/aromatic N) is 1. The molecule has 1 aliphatic heterocycles. The van der Waals surface area contributed by atoms with Crippen molar-refractivity contribution in [3.8, 4) is 0 Å². The average molecular weight is 285 g/mol. The molecular formula is C14H23NO5. The molecule has 1 spiro atoms. The standard InChI is InChI=1S/C14H23NO5/c16-8-14(9-17,10-18)15-11(19)6-13(7-12(15)20)4-2-1-3-5-13/h16-18H,1-10H2. The molecule has 0 unspecified atom stereocenters. The Hall–Kier alpha value is -0.980. The Morgan fingerprint density at radius 1 is 0.900 bits per heavy atom. The van der Waals surface area contributed by atoms with E-state index in [0.29, 0.717) is 0 Å². The molecule has 6 heteroatoms. The van der Waals surface area contributed by atoms with E-state index >= 15 is 0 Å². The van der Waals surface area contributed by atoms with Crippen LogP contribution >= 0.6 is 0 Å². The van der Waals surface area contributed by atoms with Gasteiger partial charge in [0, 0.05) is 12.8 Å². The third-order valence-corrected chi connectivity index (χ3v) is 4.82. The van der Waals surface area contributed by atoms with Gasteiger partial charge >= 0.3 is 0 Å². The van der Waals surface area contributed by atoms with Gasteiger partial charge in [-0.15, -0.1) is 0 Å². The van der Waals surface area contributed by atoms with E-state index in [9.17, 15) is 24.9 Å². The van der Waals surface area contributed by atoms with Crippen molar-refractivity contribution in [3.63, 3.8) is 0 Å². The minimum atomic E-state index is -1.58. The van der Waals surface area contributed by atoms with E-state index in [-0.39, 0.29) is 30.1 Å². The van der Waals surface area contributed by atoms with Crippen LogP contribution in [0.1, 0.15) is 44.9 Å². The van der Waals surface area contributed by atoms with Crippen LogP contribution in [0.5, 0.6) is 0 Å². The first-order valence-corrected chi connectivity index (χ1v) is 7.21. The van der Waals surface area contributed by atoms with E-state index in [1.165, 1.54) is 0 Å². The van der Waals surface area contributed by atoms with Gasteiger partial charge in [-0.3, -0.25) is 14.5 Å². The van der Waals surface area contributed by atoms with Crippen LogP contribution in [0.25, 0.3) is 0 Å². The first-order valence-electron chi connectivity index (χ1n) is 7.21. The highest BCUT2D eigenvalue weighted by Crippen LogP contribution is 2.46. The minimum absolute atomic E-state index is 0.241. The van der Waals surface area contributed by atoms with Crippen molar-refractivity contribution in [3.05, 3.63) is 0 Å². The molecule has 2 amide bonds. The number of piperidine rings is 1. The number of rotatable bonds is 4. The highest BCUT2D eigenvalue weighted by atomic mass is 16.3. The van der Waals surface area contributed by atoms with Gasteiger partial charge in [0.1, 0.15) is 5.54 Å². The van der Waals surface area contributed by atoms with Gasteiger partial charge in [0.15, 0.2) is 0 Å². The number of amides is 2. The monoisotopic (exact) mass is 285 g/mol. The molecule has 0 aromatic rings. The highest BCUT2D eigenvalue weighted by Gasteiger charge is 2.50. The van der Waals surface area contributed by atoms with E-state index in [2.05, 4.69) is 0 Å². The maximum Gasteiger partial charge on any atom is 0.230 e. The maximum atomic E-state index is 12.4. The molecule has 1 saturated heterocycles. The van der Waals surface area contributed by atoms with Crippen LogP contribution in [0.2, 0.25) is 0 Å². The van der Waals surface area contributed by atoms with Gasteiger partial charge < -0.3 is 15.3 Å². The number of aliphatic hydroxyl groups is 3. The predicted octanol–water partition coefficient (Wildman–Crippen LogP) is -0.198. The number of hydrogen-bond donors (Lipinski definition) is 3. The molecule has 1 heterocycles. The highest BCUT2D eigenvalue weighted by molar-refractivity contribution is 5.99. The average Bonchev–Trinajstić information content (AvgIpc) is 2.44. The van der Waals surface area contributed by atoms with Crippen molar-refractivity contribution in [1.82, 2.24) is 4.90 Å². The largest absolute Gasteiger partial charge is 0.394 e. The third-order valence-electron chi connectivity index (χ3n) is 4.82. The molecule has 2 aliphatic rings. The number of carbonyl (C=O) groups is 2. The Bertz CT molecular complexity index is 357. The van der Waals surface area contributed by atoms with Crippen LogP contribution in [0, 0.1) is 5.41 Å². The topological polar surface area (TPSA) is 98.1 Å². The number of imide groups is 1. The fourth-order valence-electron chi connectivity index (χ4n) is 3.55. The van der Waals surface area contributed by atoms with Gasteiger partial charge in [0.25, 0.3) is 0 Å². The zero-order valence-electron chi connectivity index (χ0n) is 11.7. The van der Waals surface area contributed by atoms with E-state index < -0.39 is 25.4 Å². The lowest BCUT2D eigenvalue weighted by atomic mass is 9.67. The number of likely N-dealkylation sites (tertiary alicyclic amines) is 1. The lowest BCUT2D eigenvalue weighted by molar-refractivity contribution is -0.170. The zero-order chi connectivity index (χ0) is 14.8. The van der Waals surface area contributed by atoms with Crippen LogP contribution in [-0.4, -0.2) is 57.4 Å². The van der Waals surface area contributed by atoms with Crippen molar-refractivity contribution in [1.29, 1.82) is 0 Å². The van der Waals surface area contributed by atoms with Gasteiger partial charge in [-0.05, 0) is 18.3 Å². The van der Waals surface area contributed by atoms with Gasteiger partial charge in [-0.25, -0.2) is 0 Å². The first kappa shape index (κ1) is 15.4. The van der Waals surface area contributed by atoms with E-state index in [4.69, 9.17) is 0 Å². The Balaban J connectivity index is 2.23. The van der Waals surface area contributed by atoms with Gasteiger partial charge in [0.05, 0.1) is 19.8 Å². The number of carbonyl (C=O) groups excluding carboxylic acids is 2. The summed E-state index contributed by atoms with van der Waals surface area (Å²) in [5.41, 5.74) is -1.82. The summed E-state index contributed by atoms with van der Waals surface area (Å²) < 4.78 is 0. The molecule has 0 aromatic carbocycles. The van der Waals surface area contributed by atoms with Crippen LogP contribution in [-0.2, 0) is 9.59 Å². The second kappa shape index (κ2) is 5.79. The molecular weight excluding hydrogens is 262 g/mol. The molecule has 2 fully saturated rings. The molecule has 0 atom stereocenters. The van der Waals surface area contributed by atoms with Crippen LogP contribution in [0.3, 0.4) is 0 Å². The summed E-state index contributed by atoms with van der Waals surface area (Å²) in [6.45, 7) is -1.90. The Morgan fingerprint density at radius 2 is 1.35 bits per heavy atom. The summed E-state index contributed by atoms with van der Waals surface area (Å²) >= 11 is 0. The molecule has 114 valence electrons. The smallest absolute Gasteiger partial charge is 0.230 e. The van der Waals surface area contributed by atoms with Crippen LogP contribution < -0.4 is 0 Å². The molecule has 3 N–H and O–H groups in total. The van der Waals surface area contributed by atoms with E-state index in [1.807, 2.05) is 0 Å². The fourth-order valence-corrected chi connectivity index (χ4v) is 3.55. The lowest BCUT2D eigenvalue weighted by Gasteiger charge is -2.47. The molecule has 2 rings (SSSR count). The SMILES string of the molecule is O=C1CC2(CCCCC2)CC(=O)N1C(CO)(CO)CO. The number of aliphatic hydroxyl groups excluding tert-OH is 3. The summed E-state index contributed by atoms with van der Waals surface area (Å²) in [6, 6.07) is 0. The summed E-state index contributed by atoms with van der Waals surface area (Å²) in [7, 11) is 0. The number of hydrogen-bond acceptors (Lipinski definition) is 5. The van der Waals surface area contributed by atoms with Gasteiger partial charge in [0.2, 0.25) is 11.8 Å². The van der Waals surface area contributed by atoms with E-state index in [0.717, 1.165) is 37.0 Å².